The highest BCUT2D eigenvalue weighted by Gasteiger charge is 2.14. The van der Waals surface area contributed by atoms with Gasteiger partial charge in [-0.15, -0.1) is 0 Å². The number of nitrogens with one attached hydrogen (secondary N) is 1. The molecule has 1 aromatic rings. The van der Waals surface area contributed by atoms with Crippen LogP contribution in [0.3, 0.4) is 0 Å². The van der Waals surface area contributed by atoms with Gasteiger partial charge in [-0.25, -0.2) is 4.98 Å². The fraction of sp³-hybridized carbons (Fsp3) is 0.389. The highest BCUT2D eigenvalue weighted by atomic mass is 35.5. The van der Waals surface area contributed by atoms with E-state index < -0.39 is 5.97 Å². The van der Waals surface area contributed by atoms with Crippen LogP contribution >= 0.6 is 11.6 Å². The number of aromatic hydroxyl groups is 1. The van der Waals surface area contributed by atoms with Gasteiger partial charge in [0, 0.05) is 23.7 Å². The SMILES string of the molecule is CC.CNCCC(=O)O.O=Cc1ncc(C2C=CC=C(Cl)C2)cc1O. The molecule has 0 aromatic carbocycles. The summed E-state index contributed by atoms with van der Waals surface area (Å²) in [7, 11) is 1.73. The third-order valence-corrected chi connectivity index (χ3v) is 3.36. The standard InChI is InChI=1S/C12H10ClNO2.C4H9NO2.C2H6/c13-10-3-1-2-8(4-10)9-5-12(16)11(7-15)14-6-9;1-5-3-2-4(6)7;1-2/h1-3,5-8,16H,4H2;5H,2-3H2,1H3,(H,6,7);1-2H3. The number of pyridine rings is 1. The zero-order valence-electron chi connectivity index (χ0n) is 14.7. The molecule has 2 rings (SSSR count). The molecule has 1 aliphatic rings. The normalized spacial score (nSPS) is 15.0. The second kappa shape index (κ2) is 13.1. The van der Waals surface area contributed by atoms with Crippen LogP contribution in [0.5, 0.6) is 5.75 Å². The van der Waals surface area contributed by atoms with Gasteiger partial charge in [0.05, 0.1) is 6.42 Å². The lowest BCUT2D eigenvalue weighted by Gasteiger charge is -2.15. The number of carboxylic acid groups (broad SMARTS) is 1. The predicted octanol–water partition coefficient (Wildman–Crippen LogP) is 3.47. The van der Waals surface area contributed by atoms with Crippen LogP contribution < -0.4 is 5.32 Å². The van der Waals surface area contributed by atoms with Gasteiger partial charge in [-0.05, 0) is 31.2 Å². The minimum Gasteiger partial charge on any atom is -0.506 e. The summed E-state index contributed by atoms with van der Waals surface area (Å²) in [6, 6.07) is 1.56. The topological polar surface area (TPSA) is 99.5 Å². The first-order valence-corrected chi connectivity index (χ1v) is 8.39. The Morgan fingerprint density at radius 1 is 1.48 bits per heavy atom. The van der Waals surface area contributed by atoms with Crippen LogP contribution in [0.2, 0.25) is 0 Å². The predicted molar refractivity (Wildman–Crippen MR) is 99.3 cm³/mol. The number of halogens is 1. The monoisotopic (exact) mass is 368 g/mol. The molecule has 3 N–H and O–H groups in total. The molecular formula is C18H25ClN2O4. The molecule has 1 aliphatic carbocycles. The highest BCUT2D eigenvalue weighted by molar-refractivity contribution is 6.29. The first kappa shape index (κ1) is 22.8. The zero-order valence-corrected chi connectivity index (χ0v) is 15.5. The van der Waals surface area contributed by atoms with Gasteiger partial charge < -0.3 is 15.5 Å². The van der Waals surface area contributed by atoms with Gasteiger partial charge in [-0.2, -0.15) is 0 Å². The van der Waals surface area contributed by atoms with Crippen LogP contribution in [0.15, 0.2) is 35.5 Å². The highest BCUT2D eigenvalue weighted by Crippen LogP contribution is 2.31. The molecule has 0 amide bonds. The first-order valence-electron chi connectivity index (χ1n) is 8.01. The van der Waals surface area contributed by atoms with E-state index in [9.17, 15) is 14.7 Å². The first-order chi connectivity index (χ1) is 12.0. The fourth-order valence-electron chi connectivity index (χ4n) is 1.87. The number of carbonyl (C=O) groups excluding carboxylic acids is 1. The number of nitrogens with zero attached hydrogens (tertiary/aromatic N) is 1. The molecule has 1 atom stereocenters. The molecule has 0 spiro atoms. The number of allylic oxidation sites excluding steroid dienone is 4. The van der Waals surface area contributed by atoms with E-state index in [0.29, 0.717) is 19.3 Å². The van der Waals surface area contributed by atoms with Crippen LogP contribution in [-0.4, -0.2) is 41.0 Å². The van der Waals surface area contributed by atoms with Crippen molar-refractivity contribution in [3.63, 3.8) is 0 Å². The molecule has 0 aliphatic heterocycles. The van der Waals surface area contributed by atoms with Gasteiger partial charge in [0.15, 0.2) is 6.29 Å². The number of hydrogen-bond acceptors (Lipinski definition) is 5. The van der Waals surface area contributed by atoms with Gasteiger partial charge in [0.1, 0.15) is 11.4 Å². The maximum atomic E-state index is 10.5. The average Bonchev–Trinajstić information content (AvgIpc) is 2.62. The van der Waals surface area contributed by atoms with Crippen LogP contribution in [0.25, 0.3) is 0 Å². The third kappa shape index (κ3) is 9.02. The van der Waals surface area contributed by atoms with Crippen molar-refractivity contribution in [2.24, 2.45) is 0 Å². The number of aliphatic carboxylic acids is 1. The molecule has 138 valence electrons. The Morgan fingerprint density at radius 3 is 2.60 bits per heavy atom. The van der Waals surface area contributed by atoms with Crippen molar-refractivity contribution in [1.82, 2.24) is 10.3 Å². The minimum atomic E-state index is -0.755. The third-order valence-electron chi connectivity index (χ3n) is 3.08. The van der Waals surface area contributed by atoms with Crippen molar-refractivity contribution < 1.29 is 19.8 Å². The average molecular weight is 369 g/mol. The van der Waals surface area contributed by atoms with Crippen LogP contribution in [0.1, 0.15) is 48.7 Å². The summed E-state index contributed by atoms with van der Waals surface area (Å²) < 4.78 is 0. The summed E-state index contributed by atoms with van der Waals surface area (Å²) >= 11 is 5.93. The largest absolute Gasteiger partial charge is 0.506 e. The Bertz CT molecular complexity index is 615. The Labute approximate surface area is 153 Å². The van der Waals surface area contributed by atoms with Crippen molar-refractivity contribution in [1.29, 1.82) is 0 Å². The maximum absolute atomic E-state index is 10.5. The number of aldehydes is 1. The van der Waals surface area contributed by atoms with E-state index in [0.717, 1.165) is 10.6 Å². The Balaban J connectivity index is 0.000000544. The van der Waals surface area contributed by atoms with Crippen molar-refractivity contribution in [2.45, 2.75) is 32.6 Å². The lowest BCUT2D eigenvalue weighted by molar-refractivity contribution is -0.136. The van der Waals surface area contributed by atoms with Gasteiger partial charge in [0.2, 0.25) is 0 Å². The van der Waals surface area contributed by atoms with Crippen LogP contribution in [0.4, 0.5) is 0 Å². The summed E-state index contributed by atoms with van der Waals surface area (Å²) in [6.07, 6.45) is 8.72. The number of carboxylic acids is 1. The zero-order chi connectivity index (χ0) is 19.2. The van der Waals surface area contributed by atoms with Crippen molar-refractivity contribution >= 4 is 23.9 Å². The number of rotatable bonds is 5. The molecule has 6 nitrogen and oxygen atoms in total. The maximum Gasteiger partial charge on any atom is 0.304 e. The summed E-state index contributed by atoms with van der Waals surface area (Å²) in [6.45, 7) is 4.55. The van der Waals surface area contributed by atoms with E-state index in [1.54, 1.807) is 19.3 Å². The smallest absolute Gasteiger partial charge is 0.304 e. The van der Waals surface area contributed by atoms with E-state index >= 15 is 0 Å². The van der Waals surface area contributed by atoms with E-state index in [2.05, 4.69) is 10.3 Å². The van der Waals surface area contributed by atoms with Gasteiger partial charge in [-0.3, -0.25) is 9.59 Å². The Kier molecular flexibility index (Phi) is 12.0. The minimum absolute atomic E-state index is 0.0604. The molecule has 0 bridgehead atoms. The molecule has 0 radical (unpaired) electrons. The number of carbonyl (C=O) groups is 2. The Hall–Kier alpha value is -2.18. The van der Waals surface area contributed by atoms with Crippen LogP contribution in [0, 0.1) is 0 Å². The molecule has 0 fully saturated rings. The molecule has 0 saturated heterocycles. The molecule has 1 unspecified atom stereocenters. The summed E-state index contributed by atoms with van der Waals surface area (Å²) in [4.78, 5) is 24.1. The molecular weight excluding hydrogens is 344 g/mol. The van der Waals surface area contributed by atoms with E-state index in [-0.39, 0.29) is 23.8 Å². The molecule has 0 saturated carbocycles. The summed E-state index contributed by atoms with van der Waals surface area (Å²) in [5, 5.41) is 21.0. The van der Waals surface area contributed by atoms with Gasteiger partial charge in [0.25, 0.3) is 0 Å². The number of aromatic nitrogens is 1. The Morgan fingerprint density at radius 2 is 2.16 bits per heavy atom. The lowest BCUT2D eigenvalue weighted by Crippen LogP contribution is -2.11. The van der Waals surface area contributed by atoms with E-state index in [4.69, 9.17) is 16.7 Å². The lowest BCUT2D eigenvalue weighted by atomic mass is 9.93. The van der Waals surface area contributed by atoms with Crippen molar-refractivity contribution in [3.05, 3.63) is 46.8 Å². The van der Waals surface area contributed by atoms with Crippen molar-refractivity contribution in [2.75, 3.05) is 13.6 Å². The summed E-state index contributed by atoms with van der Waals surface area (Å²) in [5.41, 5.74) is 0.913. The second-order valence-corrected chi connectivity index (χ2v) is 5.33. The summed E-state index contributed by atoms with van der Waals surface area (Å²) in [5.74, 6) is -0.738. The molecule has 25 heavy (non-hydrogen) atoms. The molecule has 1 aromatic heterocycles. The van der Waals surface area contributed by atoms with E-state index in [1.807, 2.05) is 32.1 Å². The second-order valence-electron chi connectivity index (χ2n) is 4.85. The van der Waals surface area contributed by atoms with Crippen LogP contribution in [-0.2, 0) is 4.79 Å². The molecule has 7 heteroatoms. The van der Waals surface area contributed by atoms with E-state index in [1.165, 1.54) is 0 Å². The van der Waals surface area contributed by atoms with Crippen molar-refractivity contribution in [3.8, 4) is 5.75 Å². The quantitative estimate of drug-likeness (QED) is 0.688. The van der Waals surface area contributed by atoms with Gasteiger partial charge >= 0.3 is 5.97 Å². The number of hydrogen-bond donors (Lipinski definition) is 3. The van der Waals surface area contributed by atoms with Gasteiger partial charge in [-0.1, -0.05) is 37.6 Å². The molecule has 1 heterocycles. The fourth-order valence-corrected chi connectivity index (χ4v) is 2.11.